The molecule has 0 aliphatic heterocycles. The standard InChI is InChI=1S/C15H17N3O2S/c1-9(14(19)17-18-15(16)21)10-3-4-12-8-13(20-2)6-5-11(12)7-10/h3-9H,1-2H3,(H,17,19)(H3,16,18,21)/t9-/m0/s1. The summed E-state index contributed by atoms with van der Waals surface area (Å²) in [5, 5.41) is 2.14. The summed E-state index contributed by atoms with van der Waals surface area (Å²) in [6.45, 7) is 1.82. The van der Waals surface area contributed by atoms with E-state index in [-0.39, 0.29) is 16.9 Å². The second kappa shape index (κ2) is 6.41. The average molecular weight is 303 g/mol. The number of fused-ring (bicyclic) bond motifs is 1. The van der Waals surface area contributed by atoms with E-state index in [0.29, 0.717) is 0 Å². The van der Waals surface area contributed by atoms with Gasteiger partial charge in [-0.3, -0.25) is 15.6 Å². The first-order chi connectivity index (χ1) is 10.0. The van der Waals surface area contributed by atoms with E-state index >= 15 is 0 Å². The zero-order chi connectivity index (χ0) is 15.4. The van der Waals surface area contributed by atoms with E-state index in [0.717, 1.165) is 22.1 Å². The number of benzene rings is 2. The number of carbonyl (C=O) groups is 1. The highest BCUT2D eigenvalue weighted by Gasteiger charge is 2.15. The number of ether oxygens (including phenoxy) is 1. The van der Waals surface area contributed by atoms with E-state index in [1.54, 1.807) is 7.11 Å². The number of methoxy groups -OCH3 is 1. The predicted octanol–water partition coefficient (Wildman–Crippen LogP) is 1.82. The van der Waals surface area contributed by atoms with Crippen LogP contribution in [0.25, 0.3) is 10.8 Å². The zero-order valence-electron chi connectivity index (χ0n) is 11.8. The Morgan fingerprint density at radius 1 is 1.19 bits per heavy atom. The molecule has 0 spiro atoms. The second-order valence-corrected chi connectivity index (χ2v) is 5.11. The van der Waals surface area contributed by atoms with E-state index in [1.807, 2.05) is 43.3 Å². The molecular formula is C15H17N3O2S. The summed E-state index contributed by atoms with van der Waals surface area (Å²) in [6, 6.07) is 11.7. The fourth-order valence-corrected chi connectivity index (χ4v) is 2.07. The topological polar surface area (TPSA) is 76.4 Å². The van der Waals surface area contributed by atoms with Crippen molar-refractivity contribution in [1.82, 2.24) is 10.9 Å². The van der Waals surface area contributed by atoms with Crippen LogP contribution in [-0.4, -0.2) is 18.1 Å². The minimum Gasteiger partial charge on any atom is -0.497 e. The van der Waals surface area contributed by atoms with Crippen LogP contribution in [0.2, 0.25) is 0 Å². The summed E-state index contributed by atoms with van der Waals surface area (Å²) in [4.78, 5) is 12.0. The summed E-state index contributed by atoms with van der Waals surface area (Å²) < 4.78 is 5.20. The predicted molar refractivity (Wildman–Crippen MR) is 87.0 cm³/mol. The van der Waals surface area contributed by atoms with Crippen LogP contribution in [-0.2, 0) is 4.79 Å². The third-order valence-electron chi connectivity index (χ3n) is 3.27. The van der Waals surface area contributed by atoms with Crippen molar-refractivity contribution in [2.75, 3.05) is 7.11 Å². The molecule has 2 rings (SSSR count). The maximum Gasteiger partial charge on any atom is 0.245 e. The van der Waals surface area contributed by atoms with Crippen molar-refractivity contribution in [3.05, 3.63) is 42.0 Å². The largest absolute Gasteiger partial charge is 0.497 e. The van der Waals surface area contributed by atoms with Crippen molar-refractivity contribution in [1.29, 1.82) is 0 Å². The Hall–Kier alpha value is -2.34. The third-order valence-corrected chi connectivity index (χ3v) is 3.38. The van der Waals surface area contributed by atoms with Gasteiger partial charge in [0.05, 0.1) is 13.0 Å². The number of hydrogen-bond donors (Lipinski definition) is 3. The van der Waals surface area contributed by atoms with Crippen LogP contribution < -0.4 is 21.3 Å². The number of nitrogens with two attached hydrogens (primary N) is 1. The number of hydrazine groups is 1. The number of rotatable bonds is 3. The number of carbonyl (C=O) groups excluding carboxylic acids is 1. The molecule has 21 heavy (non-hydrogen) atoms. The van der Waals surface area contributed by atoms with Gasteiger partial charge in [-0.25, -0.2) is 0 Å². The molecule has 0 saturated carbocycles. The molecule has 0 aliphatic carbocycles. The van der Waals surface area contributed by atoms with Crippen LogP contribution in [0.15, 0.2) is 36.4 Å². The molecule has 0 aromatic heterocycles. The van der Waals surface area contributed by atoms with Gasteiger partial charge in [-0.15, -0.1) is 0 Å². The van der Waals surface area contributed by atoms with Gasteiger partial charge in [-0.2, -0.15) is 0 Å². The molecule has 1 atom stereocenters. The zero-order valence-corrected chi connectivity index (χ0v) is 12.7. The van der Waals surface area contributed by atoms with Gasteiger partial charge < -0.3 is 10.5 Å². The van der Waals surface area contributed by atoms with Gasteiger partial charge in [0.15, 0.2) is 5.11 Å². The molecule has 2 aromatic rings. The Balaban J connectivity index is 2.21. The molecule has 0 heterocycles. The van der Waals surface area contributed by atoms with Crippen molar-refractivity contribution in [2.45, 2.75) is 12.8 Å². The van der Waals surface area contributed by atoms with Crippen LogP contribution in [0.1, 0.15) is 18.4 Å². The Bertz CT molecular complexity index is 688. The molecule has 0 fully saturated rings. The smallest absolute Gasteiger partial charge is 0.245 e. The van der Waals surface area contributed by atoms with Crippen molar-refractivity contribution < 1.29 is 9.53 Å². The van der Waals surface area contributed by atoms with Crippen LogP contribution in [0.4, 0.5) is 0 Å². The quantitative estimate of drug-likeness (QED) is 0.595. The van der Waals surface area contributed by atoms with Crippen LogP contribution in [0, 0.1) is 0 Å². The lowest BCUT2D eigenvalue weighted by molar-refractivity contribution is -0.122. The number of hydrogen-bond acceptors (Lipinski definition) is 3. The molecule has 110 valence electrons. The Morgan fingerprint density at radius 2 is 1.86 bits per heavy atom. The van der Waals surface area contributed by atoms with E-state index in [9.17, 15) is 4.79 Å². The highest BCUT2D eigenvalue weighted by atomic mass is 32.1. The fraction of sp³-hybridized carbons (Fsp3) is 0.200. The van der Waals surface area contributed by atoms with Crippen LogP contribution in [0.5, 0.6) is 5.75 Å². The van der Waals surface area contributed by atoms with E-state index < -0.39 is 0 Å². The normalized spacial score (nSPS) is 11.7. The fourth-order valence-electron chi connectivity index (χ4n) is 2.02. The molecule has 1 amide bonds. The minimum absolute atomic E-state index is 0.0288. The average Bonchev–Trinajstić information content (AvgIpc) is 2.50. The summed E-state index contributed by atoms with van der Waals surface area (Å²) in [7, 11) is 1.64. The lowest BCUT2D eigenvalue weighted by Crippen LogP contribution is -2.45. The third kappa shape index (κ3) is 3.61. The number of nitrogens with one attached hydrogen (secondary N) is 2. The number of amides is 1. The first kappa shape index (κ1) is 15.1. The van der Waals surface area contributed by atoms with Crippen molar-refractivity contribution >= 4 is 34.0 Å². The lowest BCUT2D eigenvalue weighted by Gasteiger charge is -2.14. The Labute approximate surface area is 128 Å². The van der Waals surface area contributed by atoms with E-state index in [2.05, 4.69) is 23.1 Å². The second-order valence-electron chi connectivity index (χ2n) is 4.67. The minimum atomic E-state index is -0.321. The first-order valence-electron chi connectivity index (χ1n) is 6.44. The lowest BCUT2D eigenvalue weighted by atomic mass is 9.97. The van der Waals surface area contributed by atoms with Gasteiger partial charge in [-0.1, -0.05) is 24.3 Å². The highest BCUT2D eigenvalue weighted by molar-refractivity contribution is 7.80. The van der Waals surface area contributed by atoms with E-state index in [1.165, 1.54) is 0 Å². The molecule has 0 bridgehead atoms. The maximum atomic E-state index is 12.0. The first-order valence-corrected chi connectivity index (χ1v) is 6.85. The Kier molecular flexibility index (Phi) is 4.59. The van der Waals surface area contributed by atoms with Crippen molar-refractivity contribution in [3.63, 3.8) is 0 Å². The summed E-state index contributed by atoms with van der Waals surface area (Å²) in [6.07, 6.45) is 0. The maximum absolute atomic E-state index is 12.0. The van der Waals surface area contributed by atoms with Gasteiger partial charge in [0, 0.05) is 0 Å². The van der Waals surface area contributed by atoms with Crippen molar-refractivity contribution in [3.8, 4) is 5.75 Å². The Morgan fingerprint density at radius 3 is 2.52 bits per heavy atom. The van der Waals surface area contributed by atoms with Crippen LogP contribution >= 0.6 is 12.2 Å². The van der Waals surface area contributed by atoms with Gasteiger partial charge in [0.25, 0.3) is 0 Å². The highest BCUT2D eigenvalue weighted by Crippen LogP contribution is 2.25. The number of thiocarbonyl (C=S) groups is 1. The summed E-state index contributed by atoms with van der Waals surface area (Å²) >= 11 is 4.64. The molecule has 0 radical (unpaired) electrons. The van der Waals surface area contributed by atoms with Crippen molar-refractivity contribution in [2.24, 2.45) is 5.73 Å². The molecule has 0 aliphatic rings. The molecule has 0 unspecified atom stereocenters. The molecule has 4 N–H and O–H groups in total. The van der Waals surface area contributed by atoms with Gasteiger partial charge in [-0.05, 0) is 47.6 Å². The summed E-state index contributed by atoms with van der Waals surface area (Å²) in [5.74, 6) is 0.288. The molecule has 6 heteroatoms. The molecule has 2 aromatic carbocycles. The van der Waals surface area contributed by atoms with Gasteiger partial charge in [0.1, 0.15) is 5.75 Å². The van der Waals surface area contributed by atoms with E-state index in [4.69, 9.17) is 10.5 Å². The molecule has 0 saturated heterocycles. The SMILES string of the molecule is COc1ccc2cc([C@H](C)C(=O)NNC(N)=S)ccc2c1. The van der Waals surface area contributed by atoms with Gasteiger partial charge in [0.2, 0.25) is 5.91 Å². The monoisotopic (exact) mass is 303 g/mol. The van der Waals surface area contributed by atoms with Crippen LogP contribution in [0.3, 0.4) is 0 Å². The summed E-state index contributed by atoms with van der Waals surface area (Å²) in [5.41, 5.74) is 11.1. The molecule has 5 nitrogen and oxygen atoms in total. The van der Waals surface area contributed by atoms with Gasteiger partial charge >= 0.3 is 0 Å². The molecular weight excluding hydrogens is 286 g/mol.